The monoisotopic (exact) mass is 606 g/mol. The maximum atomic E-state index is 12.0. The first-order chi connectivity index (χ1) is 21.7. The van der Waals surface area contributed by atoms with Crippen LogP contribution in [0.15, 0.2) is 85.8 Å². The molecule has 0 aliphatic carbocycles. The van der Waals surface area contributed by atoms with Crippen LogP contribution in [0.25, 0.3) is 17.1 Å². The number of aromatic hydroxyl groups is 2. The number of aliphatic hydroxyl groups is 1. The molecule has 45 heavy (non-hydrogen) atoms. The summed E-state index contributed by atoms with van der Waals surface area (Å²) in [5.41, 5.74) is 11.7. The average Bonchev–Trinajstić information content (AvgIpc) is 3.79. The van der Waals surface area contributed by atoms with E-state index in [4.69, 9.17) is 5.73 Å². The number of aromatic nitrogens is 7. The third-order valence-electron chi connectivity index (χ3n) is 7.58. The highest BCUT2D eigenvalue weighted by Gasteiger charge is 2.19. The van der Waals surface area contributed by atoms with E-state index in [1.54, 1.807) is 56.1 Å². The van der Waals surface area contributed by atoms with Gasteiger partial charge < -0.3 is 34.8 Å². The predicted molar refractivity (Wildman–Crippen MR) is 167 cm³/mol. The van der Waals surface area contributed by atoms with Crippen molar-refractivity contribution in [2.24, 2.45) is 5.73 Å². The number of carbonyl (C=O) groups excluding carboxylic acids is 1. The van der Waals surface area contributed by atoms with Crippen LogP contribution >= 0.6 is 0 Å². The van der Waals surface area contributed by atoms with Crippen LogP contribution in [0, 0.1) is 0 Å². The normalized spacial score (nSPS) is 12.0. The van der Waals surface area contributed by atoms with Crippen molar-refractivity contribution in [3.8, 4) is 28.6 Å². The molecule has 0 spiro atoms. The molecule has 12 nitrogen and oxygen atoms in total. The van der Waals surface area contributed by atoms with Crippen LogP contribution in [0.2, 0.25) is 0 Å². The molecule has 6 aromatic rings. The van der Waals surface area contributed by atoms with Crippen LogP contribution in [0.1, 0.15) is 40.7 Å². The molecule has 4 aromatic heterocycles. The summed E-state index contributed by atoms with van der Waals surface area (Å²) in [7, 11) is 0. The summed E-state index contributed by atoms with van der Waals surface area (Å²) in [5.74, 6) is 0.509. The largest absolute Gasteiger partial charge is 0.508 e. The lowest BCUT2D eigenvalue weighted by atomic mass is 10.0. The lowest BCUT2D eigenvalue weighted by Crippen LogP contribution is -2.18. The number of hydrogen-bond donors (Lipinski definition) is 5. The first-order valence-electron chi connectivity index (χ1n) is 14.5. The van der Waals surface area contributed by atoms with Crippen LogP contribution in [0.5, 0.6) is 11.5 Å². The van der Waals surface area contributed by atoms with E-state index in [-0.39, 0.29) is 17.9 Å². The highest BCUT2D eigenvalue weighted by Crippen LogP contribution is 2.30. The molecule has 0 aliphatic rings. The average molecular weight is 607 g/mol. The van der Waals surface area contributed by atoms with Crippen molar-refractivity contribution in [3.63, 3.8) is 0 Å². The van der Waals surface area contributed by atoms with E-state index in [2.05, 4.69) is 20.2 Å². The molecule has 1 amide bonds. The number of primary amides is 1. The Labute approximate surface area is 259 Å². The van der Waals surface area contributed by atoms with Crippen molar-refractivity contribution in [1.29, 1.82) is 0 Å². The van der Waals surface area contributed by atoms with Gasteiger partial charge in [-0.3, -0.25) is 9.89 Å². The summed E-state index contributed by atoms with van der Waals surface area (Å²) < 4.78 is 5.75. The molecule has 0 aliphatic heterocycles. The zero-order valence-corrected chi connectivity index (χ0v) is 24.7. The molecule has 6 N–H and O–H groups in total. The van der Waals surface area contributed by atoms with Crippen molar-refractivity contribution < 1.29 is 20.1 Å². The number of benzene rings is 2. The minimum atomic E-state index is -0.566. The number of nitrogens with two attached hydrogens (primary N) is 1. The van der Waals surface area contributed by atoms with Gasteiger partial charge in [0.2, 0.25) is 5.91 Å². The number of nitrogens with one attached hydrogen (secondary N) is 1. The third kappa shape index (κ3) is 6.65. The Morgan fingerprint density at radius 3 is 2.42 bits per heavy atom. The van der Waals surface area contributed by atoms with Gasteiger partial charge in [0.1, 0.15) is 11.5 Å². The molecule has 0 fully saturated rings. The Morgan fingerprint density at radius 1 is 0.933 bits per heavy atom. The quantitative estimate of drug-likeness (QED) is 0.142. The molecule has 1 unspecified atom stereocenters. The number of H-pyrrole nitrogens is 1. The molecule has 1 atom stereocenters. The molecule has 0 radical (unpaired) electrons. The Morgan fingerprint density at radius 2 is 1.67 bits per heavy atom. The van der Waals surface area contributed by atoms with E-state index in [0.717, 1.165) is 28.2 Å². The molecule has 0 saturated carbocycles. The number of phenols is 2. The van der Waals surface area contributed by atoms with Gasteiger partial charge in [-0.15, -0.1) is 0 Å². The third-order valence-corrected chi connectivity index (χ3v) is 7.58. The van der Waals surface area contributed by atoms with E-state index >= 15 is 0 Å². The van der Waals surface area contributed by atoms with Gasteiger partial charge in [0, 0.05) is 55.6 Å². The second-order valence-corrected chi connectivity index (χ2v) is 11.2. The number of aliphatic hydroxyl groups excluding tert-OH is 1. The van der Waals surface area contributed by atoms with Gasteiger partial charge in [0.25, 0.3) is 0 Å². The van der Waals surface area contributed by atoms with Crippen LogP contribution in [0.3, 0.4) is 0 Å². The fraction of sp³-hybridized carbons (Fsp3) is 0.212. The van der Waals surface area contributed by atoms with Gasteiger partial charge in [-0.05, 0) is 60.5 Å². The van der Waals surface area contributed by atoms with Crippen molar-refractivity contribution in [2.75, 3.05) is 0 Å². The highest BCUT2D eigenvalue weighted by molar-refractivity contribution is 5.76. The molecular weight excluding hydrogens is 572 g/mol. The molecule has 230 valence electrons. The van der Waals surface area contributed by atoms with Crippen LogP contribution < -0.4 is 5.73 Å². The minimum Gasteiger partial charge on any atom is -0.508 e. The van der Waals surface area contributed by atoms with E-state index in [9.17, 15) is 20.1 Å². The second-order valence-electron chi connectivity index (χ2n) is 11.2. The SMILES string of the molecule is CC(O)Cc1c(-n2cccc2)ncn1Cc1cc(O)cc(-c2n[nH]cc2Cc2ncn(Cc3cccc(O)c3)c2CC(N)=O)c1. The summed E-state index contributed by atoms with van der Waals surface area (Å²) in [6.07, 6.45) is 9.22. The second kappa shape index (κ2) is 12.5. The van der Waals surface area contributed by atoms with Gasteiger partial charge >= 0.3 is 0 Å². The topological polar surface area (TPSA) is 173 Å². The summed E-state index contributed by atoms with van der Waals surface area (Å²) >= 11 is 0. The van der Waals surface area contributed by atoms with Crippen molar-refractivity contribution >= 4 is 5.91 Å². The number of imidazole rings is 2. The van der Waals surface area contributed by atoms with Crippen molar-refractivity contribution in [1.82, 2.24) is 33.9 Å². The Bertz CT molecular complexity index is 1930. The summed E-state index contributed by atoms with van der Waals surface area (Å²) in [6, 6.07) is 16.1. The maximum absolute atomic E-state index is 12.0. The predicted octanol–water partition coefficient (Wildman–Crippen LogP) is 3.31. The van der Waals surface area contributed by atoms with E-state index in [1.807, 2.05) is 50.4 Å². The fourth-order valence-electron chi connectivity index (χ4n) is 5.65. The first kappa shape index (κ1) is 29.5. The Kier molecular flexibility index (Phi) is 8.21. The van der Waals surface area contributed by atoms with Gasteiger partial charge in [0.15, 0.2) is 5.82 Å². The Balaban J connectivity index is 1.29. The number of rotatable bonds is 12. The molecule has 12 heteroatoms. The molecule has 0 saturated heterocycles. The van der Waals surface area contributed by atoms with Crippen LogP contribution in [-0.2, 0) is 37.1 Å². The van der Waals surface area contributed by atoms with Gasteiger partial charge in [-0.2, -0.15) is 5.10 Å². The zero-order valence-electron chi connectivity index (χ0n) is 24.7. The van der Waals surface area contributed by atoms with Gasteiger partial charge in [0.05, 0.1) is 48.0 Å². The van der Waals surface area contributed by atoms with Crippen molar-refractivity contribution in [3.05, 3.63) is 120 Å². The van der Waals surface area contributed by atoms with Crippen molar-refractivity contribution in [2.45, 2.75) is 45.4 Å². The molecular formula is C33H34N8O4. The van der Waals surface area contributed by atoms with E-state index < -0.39 is 12.0 Å². The molecule has 6 rings (SSSR count). The number of amides is 1. The standard InChI is InChI=1S/C33H34N8O4/c1-21(42)9-30-33(39-7-2-3-8-39)36-20-41(30)18-23-10-24(13-27(44)12-23)32-25(16-37-38-32)14-28-29(15-31(34)45)40(19-35-28)17-22-5-4-6-26(43)11-22/h2-8,10-13,16,19-21,42-44H,9,14-15,17-18H2,1H3,(H2,34,45)(H,37,38). The van der Waals surface area contributed by atoms with E-state index in [0.29, 0.717) is 48.6 Å². The maximum Gasteiger partial charge on any atom is 0.223 e. The summed E-state index contributed by atoms with van der Waals surface area (Å²) in [6.45, 7) is 2.57. The van der Waals surface area contributed by atoms with E-state index in [1.165, 1.54) is 0 Å². The fourth-order valence-corrected chi connectivity index (χ4v) is 5.65. The summed E-state index contributed by atoms with van der Waals surface area (Å²) in [4.78, 5) is 21.2. The smallest absolute Gasteiger partial charge is 0.223 e. The molecule has 0 bridgehead atoms. The number of carbonyl (C=O) groups is 1. The highest BCUT2D eigenvalue weighted by atomic mass is 16.3. The number of phenolic OH excluding ortho intramolecular Hbond substituents is 2. The minimum absolute atomic E-state index is 0.00228. The number of aromatic amines is 1. The van der Waals surface area contributed by atoms with Crippen LogP contribution in [0.4, 0.5) is 0 Å². The lowest BCUT2D eigenvalue weighted by molar-refractivity contribution is -0.117. The number of hydrogen-bond acceptors (Lipinski definition) is 7. The van der Waals surface area contributed by atoms with Gasteiger partial charge in [-0.25, -0.2) is 9.97 Å². The first-order valence-corrected chi connectivity index (χ1v) is 14.5. The van der Waals surface area contributed by atoms with Crippen LogP contribution in [-0.4, -0.2) is 61.2 Å². The number of nitrogens with zero attached hydrogens (tertiary/aromatic N) is 6. The van der Waals surface area contributed by atoms with Gasteiger partial charge in [-0.1, -0.05) is 12.1 Å². The molecule has 2 aromatic carbocycles. The Hall–Kier alpha value is -5.62. The zero-order chi connectivity index (χ0) is 31.5. The summed E-state index contributed by atoms with van der Waals surface area (Å²) in [5, 5.41) is 38.3. The lowest BCUT2D eigenvalue weighted by Gasteiger charge is -2.13. The molecule has 4 heterocycles.